The molecule has 0 rings (SSSR count). The number of aliphatic hydroxyl groups is 1. The molecule has 2 unspecified atom stereocenters. The maximum absolute atomic E-state index is 12.5. The van der Waals surface area contributed by atoms with E-state index in [0.29, 0.717) is 0 Å². The first-order valence-corrected chi connectivity index (χ1v) is 20.8. The maximum Gasteiger partial charge on any atom is 0.267 e. The van der Waals surface area contributed by atoms with Gasteiger partial charge in [0.1, 0.15) is 0 Å². The van der Waals surface area contributed by atoms with Crippen molar-refractivity contribution in [2.45, 2.75) is 199 Å². The number of nitrogens with one attached hydrogen (secondary N) is 1. The molecular formula is C39H73NO5S. The summed E-state index contributed by atoms with van der Waals surface area (Å²) in [4.78, 5) is 12.5. The zero-order chi connectivity index (χ0) is 34.0. The average Bonchev–Trinajstić information content (AvgIpc) is 3.01. The fourth-order valence-corrected chi connectivity index (χ4v) is 6.39. The van der Waals surface area contributed by atoms with Crippen LogP contribution in [-0.4, -0.2) is 41.9 Å². The van der Waals surface area contributed by atoms with E-state index in [-0.39, 0.29) is 12.3 Å². The summed E-state index contributed by atoms with van der Waals surface area (Å²) >= 11 is 0. The van der Waals surface area contributed by atoms with Crippen LogP contribution in [0.2, 0.25) is 0 Å². The predicted octanol–water partition coefficient (Wildman–Crippen LogP) is 11.0. The molecule has 6 nitrogen and oxygen atoms in total. The normalized spacial score (nSPS) is 13.7. The van der Waals surface area contributed by atoms with E-state index in [1.165, 1.54) is 109 Å². The van der Waals surface area contributed by atoms with Crippen LogP contribution in [0.1, 0.15) is 187 Å². The number of hydrogen-bond acceptors (Lipinski definition) is 4. The molecule has 3 N–H and O–H groups in total. The molecule has 0 bridgehead atoms. The van der Waals surface area contributed by atoms with Gasteiger partial charge >= 0.3 is 0 Å². The third-order valence-electron chi connectivity index (χ3n) is 8.56. The van der Waals surface area contributed by atoms with Crippen LogP contribution in [0.5, 0.6) is 0 Å². The van der Waals surface area contributed by atoms with Crippen molar-refractivity contribution in [2.75, 3.05) is 5.75 Å². The first-order valence-electron chi connectivity index (χ1n) is 19.2. The van der Waals surface area contributed by atoms with E-state index in [1.54, 1.807) is 6.08 Å². The van der Waals surface area contributed by atoms with Crippen molar-refractivity contribution in [1.82, 2.24) is 5.32 Å². The standard InChI is InChI=1S/C39H73NO5S/c1-3-5-7-9-11-13-15-17-18-19-20-21-23-25-27-29-31-33-35-39(42)40-37(36-46(43,44)45)38(41)34-32-30-28-26-24-22-16-14-12-10-8-6-4-2/h13,15,18-19,32,34,37-38,41H,3-12,14,16-17,20-31,33,35-36H2,1-2H3,(H,40,42)(H,43,44,45)/b15-13-,19-18-,34-32+. The van der Waals surface area contributed by atoms with Gasteiger partial charge in [-0.2, -0.15) is 8.42 Å². The van der Waals surface area contributed by atoms with E-state index in [0.717, 1.165) is 57.8 Å². The Morgan fingerprint density at radius 2 is 0.978 bits per heavy atom. The van der Waals surface area contributed by atoms with E-state index in [2.05, 4.69) is 43.5 Å². The second-order valence-corrected chi connectivity index (χ2v) is 14.7. The fraction of sp³-hybridized carbons (Fsp3) is 0.821. The number of hydrogen-bond donors (Lipinski definition) is 3. The summed E-state index contributed by atoms with van der Waals surface area (Å²) in [6.45, 7) is 4.49. The maximum atomic E-state index is 12.5. The number of rotatable bonds is 34. The van der Waals surface area contributed by atoms with Gasteiger partial charge in [0.25, 0.3) is 10.1 Å². The Hall–Kier alpha value is -1.44. The molecule has 0 aromatic heterocycles. The van der Waals surface area contributed by atoms with Gasteiger partial charge in [-0.3, -0.25) is 9.35 Å². The minimum absolute atomic E-state index is 0.287. The Kier molecular flexibility index (Phi) is 32.4. The van der Waals surface area contributed by atoms with Crippen LogP contribution in [0.4, 0.5) is 0 Å². The highest BCUT2D eigenvalue weighted by Gasteiger charge is 2.24. The summed E-state index contributed by atoms with van der Waals surface area (Å²) in [5, 5.41) is 13.2. The van der Waals surface area contributed by atoms with Crippen molar-refractivity contribution in [3.63, 3.8) is 0 Å². The largest absolute Gasteiger partial charge is 0.387 e. The minimum Gasteiger partial charge on any atom is -0.387 e. The molecule has 0 aliphatic heterocycles. The molecule has 7 heteroatoms. The smallest absolute Gasteiger partial charge is 0.267 e. The number of carbonyl (C=O) groups excluding carboxylic acids is 1. The van der Waals surface area contributed by atoms with Gasteiger partial charge < -0.3 is 10.4 Å². The monoisotopic (exact) mass is 668 g/mol. The van der Waals surface area contributed by atoms with Gasteiger partial charge in [0.2, 0.25) is 5.91 Å². The van der Waals surface area contributed by atoms with Crippen LogP contribution in [0.15, 0.2) is 36.5 Å². The molecule has 0 saturated carbocycles. The quantitative estimate of drug-likeness (QED) is 0.0360. The predicted molar refractivity (Wildman–Crippen MR) is 198 cm³/mol. The van der Waals surface area contributed by atoms with E-state index < -0.39 is 28.0 Å². The van der Waals surface area contributed by atoms with Gasteiger partial charge in [0, 0.05) is 6.42 Å². The van der Waals surface area contributed by atoms with E-state index in [4.69, 9.17) is 0 Å². The van der Waals surface area contributed by atoms with Crippen molar-refractivity contribution in [2.24, 2.45) is 0 Å². The molecule has 0 aromatic carbocycles. The molecule has 0 saturated heterocycles. The Labute approximate surface area is 285 Å². The molecule has 2 atom stereocenters. The Morgan fingerprint density at radius 3 is 1.43 bits per heavy atom. The van der Waals surface area contributed by atoms with Crippen molar-refractivity contribution in [3.8, 4) is 0 Å². The molecule has 0 fully saturated rings. The summed E-state index contributed by atoms with van der Waals surface area (Å²) in [6, 6.07) is -1.06. The highest BCUT2D eigenvalue weighted by molar-refractivity contribution is 7.85. The summed E-state index contributed by atoms with van der Waals surface area (Å²) in [7, 11) is -4.34. The minimum atomic E-state index is -4.34. The van der Waals surface area contributed by atoms with Gasteiger partial charge in [0.05, 0.1) is 17.9 Å². The molecule has 0 radical (unpaired) electrons. The Morgan fingerprint density at radius 1 is 0.587 bits per heavy atom. The van der Waals surface area contributed by atoms with Crippen LogP contribution in [0, 0.1) is 0 Å². The first-order chi connectivity index (χ1) is 22.3. The lowest BCUT2D eigenvalue weighted by Gasteiger charge is -2.21. The Balaban J connectivity index is 3.97. The average molecular weight is 668 g/mol. The summed E-state index contributed by atoms with van der Waals surface area (Å²) in [6.07, 6.45) is 42.6. The molecule has 0 aliphatic rings. The van der Waals surface area contributed by atoms with Crippen molar-refractivity contribution in [1.29, 1.82) is 0 Å². The number of allylic oxidation sites excluding steroid dienone is 5. The third kappa shape index (κ3) is 33.9. The van der Waals surface area contributed by atoms with Gasteiger partial charge in [-0.15, -0.1) is 0 Å². The molecule has 1 amide bonds. The van der Waals surface area contributed by atoms with Crippen LogP contribution >= 0.6 is 0 Å². The summed E-state index contributed by atoms with van der Waals surface area (Å²) in [5.41, 5.74) is 0. The van der Waals surface area contributed by atoms with Crippen LogP contribution in [-0.2, 0) is 14.9 Å². The highest BCUT2D eigenvalue weighted by Crippen LogP contribution is 2.13. The Bertz CT molecular complexity index is 868. The first kappa shape index (κ1) is 44.6. The third-order valence-corrected chi connectivity index (χ3v) is 9.34. The topological polar surface area (TPSA) is 104 Å². The van der Waals surface area contributed by atoms with E-state index in [9.17, 15) is 22.9 Å². The summed E-state index contributed by atoms with van der Waals surface area (Å²) < 4.78 is 32.4. The number of unbranched alkanes of at least 4 members (excludes halogenated alkanes) is 22. The zero-order valence-electron chi connectivity index (χ0n) is 29.9. The molecule has 46 heavy (non-hydrogen) atoms. The van der Waals surface area contributed by atoms with E-state index in [1.807, 2.05) is 6.08 Å². The van der Waals surface area contributed by atoms with Crippen LogP contribution < -0.4 is 5.32 Å². The zero-order valence-corrected chi connectivity index (χ0v) is 30.8. The SMILES string of the molecule is CCCCCC/C=C\C/C=C\CCCCCCCCCC(=O)NC(CS(=O)(=O)O)C(O)/C=C/CCCCCCCCCCCCC. The lowest BCUT2D eigenvalue weighted by molar-refractivity contribution is -0.122. The number of carbonyl (C=O) groups is 1. The van der Waals surface area contributed by atoms with Crippen LogP contribution in [0.25, 0.3) is 0 Å². The van der Waals surface area contributed by atoms with Gasteiger partial charge in [-0.1, -0.05) is 166 Å². The second kappa shape index (κ2) is 33.5. The van der Waals surface area contributed by atoms with Crippen LogP contribution in [0.3, 0.4) is 0 Å². The lowest BCUT2D eigenvalue weighted by Crippen LogP contribution is -2.46. The second-order valence-electron chi connectivity index (χ2n) is 13.2. The summed E-state index contributed by atoms with van der Waals surface area (Å²) in [5.74, 6) is -0.988. The van der Waals surface area contributed by atoms with Crippen molar-refractivity contribution >= 4 is 16.0 Å². The molecular weight excluding hydrogens is 594 g/mol. The van der Waals surface area contributed by atoms with Gasteiger partial charge in [-0.05, 0) is 51.4 Å². The van der Waals surface area contributed by atoms with Gasteiger partial charge in [-0.25, -0.2) is 0 Å². The molecule has 0 heterocycles. The fourth-order valence-electron chi connectivity index (χ4n) is 5.65. The van der Waals surface area contributed by atoms with Crippen molar-refractivity contribution < 1.29 is 22.9 Å². The molecule has 0 aliphatic carbocycles. The van der Waals surface area contributed by atoms with Gasteiger partial charge in [0.15, 0.2) is 0 Å². The van der Waals surface area contributed by atoms with E-state index >= 15 is 0 Å². The lowest BCUT2D eigenvalue weighted by atomic mass is 10.0. The number of amides is 1. The molecule has 0 spiro atoms. The van der Waals surface area contributed by atoms with Crippen molar-refractivity contribution in [3.05, 3.63) is 36.5 Å². The molecule has 0 aromatic rings. The highest BCUT2D eigenvalue weighted by atomic mass is 32.2. The molecule has 270 valence electrons. The number of aliphatic hydroxyl groups excluding tert-OH is 1.